The van der Waals surface area contributed by atoms with Crippen LogP contribution in [0.15, 0.2) is 59.7 Å². The fourth-order valence-electron chi connectivity index (χ4n) is 3.62. The summed E-state index contributed by atoms with van der Waals surface area (Å²) < 4.78 is 10.7. The Labute approximate surface area is 207 Å². The van der Waals surface area contributed by atoms with Crippen molar-refractivity contribution in [3.05, 3.63) is 76.6 Å². The molecule has 0 fully saturated rings. The highest BCUT2D eigenvalue weighted by Crippen LogP contribution is 2.29. The molecule has 0 saturated heterocycles. The van der Waals surface area contributed by atoms with E-state index in [1.807, 2.05) is 30.3 Å². The van der Waals surface area contributed by atoms with Gasteiger partial charge in [-0.25, -0.2) is 5.01 Å². The topological polar surface area (TPSA) is 106 Å². The van der Waals surface area contributed by atoms with Gasteiger partial charge in [0.2, 0.25) is 5.91 Å². The summed E-state index contributed by atoms with van der Waals surface area (Å²) in [6, 6.07) is 16.0. The first kappa shape index (κ1) is 24.2. The van der Waals surface area contributed by atoms with Crippen LogP contribution in [0.4, 0.5) is 5.69 Å². The Balaban J connectivity index is 1.38. The van der Waals surface area contributed by atoms with Crippen LogP contribution in [0, 0.1) is 0 Å². The van der Waals surface area contributed by atoms with Crippen LogP contribution >= 0.6 is 11.6 Å². The van der Waals surface area contributed by atoms with Gasteiger partial charge in [0.05, 0.1) is 19.9 Å². The summed E-state index contributed by atoms with van der Waals surface area (Å²) in [5.41, 5.74) is 3.53. The molecule has 3 aromatic rings. The molecule has 0 atom stereocenters. The standard InChI is InChI=1S/C25H24ClN5O4/c1-34-21-10-5-17(15-22(21)35-2)19-9-12-24(32)31(30-19)14-13-16-3-6-18(7-4-16)27-25(33)20-8-11-23(26)29-28-20/h3-8,10-11,15H,9,12-14H2,1-2H3,(H,27,33). The summed E-state index contributed by atoms with van der Waals surface area (Å²) in [7, 11) is 3.17. The van der Waals surface area contributed by atoms with Crippen molar-refractivity contribution in [2.24, 2.45) is 5.10 Å². The lowest BCUT2D eigenvalue weighted by molar-refractivity contribution is -0.131. The maximum atomic E-state index is 12.5. The highest BCUT2D eigenvalue weighted by Gasteiger charge is 2.22. The zero-order valence-electron chi connectivity index (χ0n) is 19.3. The number of hydrogen-bond donors (Lipinski definition) is 1. The van der Waals surface area contributed by atoms with Gasteiger partial charge in [0.25, 0.3) is 5.91 Å². The largest absolute Gasteiger partial charge is 0.493 e. The van der Waals surface area contributed by atoms with Crippen molar-refractivity contribution >= 4 is 34.8 Å². The van der Waals surface area contributed by atoms with E-state index in [4.69, 9.17) is 21.1 Å². The van der Waals surface area contributed by atoms with Crippen LogP contribution in [-0.4, -0.2) is 53.5 Å². The van der Waals surface area contributed by atoms with Crippen molar-refractivity contribution in [2.75, 3.05) is 26.1 Å². The average Bonchev–Trinajstić information content (AvgIpc) is 2.89. The van der Waals surface area contributed by atoms with Gasteiger partial charge in [0.1, 0.15) is 0 Å². The predicted molar refractivity (Wildman–Crippen MR) is 132 cm³/mol. The van der Waals surface area contributed by atoms with E-state index in [0.29, 0.717) is 43.0 Å². The van der Waals surface area contributed by atoms with Crippen LogP contribution in [0.2, 0.25) is 5.15 Å². The first-order chi connectivity index (χ1) is 17.0. The molecule has 0 aliphatic carbocycles. The number of rotatable bonds is 8. The number of methoxy groups -OCH3 is 2. The summed E-state index contributed by atoms with van der Waals surface area (Å²) in [6.45, 7) is 0.446. The number of ether oxygens (including phenoxy) is 2. The molecule has 35 heavy (non-hydrogen) atoms. The molecule has 0 unspecified atom stereocenters. The number of nitrogens with zero attached hydrogens (tertiary/aromatic N) is 4. The molecule has 2 amide bonds. The molecule has 0 radical (unpaired) electrons. The van der Waals surface area contributed by atoms with Crippen LogP contribution in [0.3, 0.4) is 0 Å². The molecular formula is C25H24ClN5O4. The van der Waals surface area contributed by atoms with Crippen molar-refractivity contribution in [2.45, 2.75) is 19.3 Å². The minimum Gasteiger partial charge on any atom is -0.493 e. The minimum atomic E-state index is -0.377. The van der Waals surface area contributed by atoms with E-state index >= 15 is 0 Å². The van der Waals surface area contributed by atoms with Crippen molar-refractivity contribution in [3.63, 3.8) is 0 Å². The predicted octanol–water partition coefficient (Wildman–Crippen LogP) is 3.97. The van der Waals surface area contributed by atoms with Gasteiger partial charge in [0, 0.05) is 30.6 Å². The lowest BCUT2D eigenvalue weighted by atomic mass is 10.0. The summed E-state index contributed by atoms with van der Waals surface area (Å²) in [5, 5.41) is 16.5. The number of anilines is 1. The second-order valence-electron chi connectivity index (χ2n) is 7.78. The molecule has 4 rings (SSSR count). The van der Waals surface area contributed by atoms with Crippen LogP contribution in [0.1, 0.15) is 34.5 Å². The van der Waals surface area contributed by atoms with Gasteiger partial charge in [-0.15, -0.1) is 10.2 Å². The molecule has 2 aromatic carbocycles. The third kappa shape index (κ3) is 5.93. The molecule has 9 nitrogen and oxygen atoms in total. The fraction of sp³-hybridized carbons (Fsp3) is 0.240. The second kappa shape index (κ2) is 11.0. The number of carbonyl (C=O) groups is 2. The van der Waals surface area contributed by atoms with Gasteiger partial charge < -0.3 is 14.8 Å². The molecule has 1 aromatic heterocycles. The number of aromatic nitrogens is 2. The summed E-state index contributed by atoms with van der Waals surface area (Å²) in [5.74, 6) is 0.868. The lowest BCUT2D eigenvalue weighted by Gasteiger charge is -2.24. The highest BCUT2D eigenvalue weighted by molar-refractivity contribution is 6.29. The highest BCUT2D eigenvalue weighted by atomic mass is 35.5. The minimum absolute atomic E-state index is 0.0119. The maximum Gasteiger partial charge on any atom is 0.276 e. The van der Waals surface area contributed by atoms with E-state index in [0.717, 1.165) is 16.8 Å². The normalized spacial score (nSPS) is 13.3. The third-order valence-corrected chi connectivity index (χ3v) is 5.71. The summed E-state index contributed by atoms with van der Waals surface area (Å²) in [4.78, 5) is 24.7. The van der Waals surface area contributed by atoms with Gasteiger partial charge in [-0.3, -0.25) is 9.59 Å². The Morgan fingerprint density at radius 3 is 2.46 bits per heavy atom. The number of carbonyl (C=O) groups excluding carboxylic acids is 2. The quantitative estimate of drug-likeness (QED) is 0.509. The Bertz CT molecular complexity index is 1250. The first-order valence-corrected chi connectivity index (χ1v) is 11.3. The van der Waals surface area contributed by atoms with Crippen LogP contribution in [0.25, 0.3) is 0 Å². The number of nitrogens with one attached hydrogen (secondary N) is 1. The summed E-state index contributed by atoms with van der Waals surface area (Å²) in [6.07, 6.45) is 1.58. The fourth-order valence-corrected chi connectivity index (χ4v) is 3.72. The Morgan fingerprint density at radius 2 is 1.77 bits per heavy atom. The summed E-state index contributed by atoms with van der Waals surface area (Å²) >= 11 is 5.70. The van der Waals surface area contributed by atoms with Gasteiger partial charge >= 0.3 is 0 Å². The van der Waals surface area contributed by atoms with E-state index in [1.54, 1.807) is 26.4 Å². The molecule has 1 aliphatic heterocycles. The number of benzene rings is 2. The molecule has 0 bridgehead atoms. The SMILES string of the molecule is COc1ccc(C2=NN(CCc3ccc(NC(=O)c4ccc(Cl)nn4)cc3)C(=O)CC2)cc1OC. The zero-order valence-corrected chi connectivity index (χ0v) is 20.1. The van der Waals surface area contributed by atoms with Crippen LogP contribution < -0.4 is 14.8 Å². The smallest absolute Gasteiger partial charge is 0.276 e. The Hall–Kier alpha value is -3.98. The third-order valence-electron chi connectivity index (χ3n) is 5.51. The van der Waals surface area contributed by atoms with Crippen molar-refractivity contribution in [1.29, 1.82) is 0 Å². The number of hydrazone groups is 1. The van der Waals surface area contributed by atoms with E-state index in [1.165, 1.54) is 17.1 Å². The Kier molecular flexibility index (Phi) is 7.57. The molecule has 0 spiro atoms. The number of halogens is 1. The molecule has 2 heterocycles. The molecule has 1 N–H and O–H groups in total. The van der Waals surface area contributed by atoms with Crippen molar-refractivity contribution in [3.8, 4) is 11.5 Å². The van der Waals surface area contributed by atoms with E-state index < -0.39 is 0 Å². The van der Waals surface area contributed by atoms with Crippen LogP contribution in [-0.2, 0) is 11.2 Å². The molecule has 0 saturated carbocycles. The molecular weight excluding hydrogens is 470 g/mol. The van der Waals surface area contributed by atoms with Crippen molar-refractivity contribution in [1.82, 2.24) is 15.2 Å². The van der Waals surface area contributed by atoms with E-state index in [9.17, 15) is 9.59 Å². The van der Waals surface area contributed by atoms with Crippen LogP contribution in [0.5, 0.6) is 11.5 Å². The van der Waals surface area contributed by atoms with E-state index in [2.05, 4.69) is 20.6 Å². The van der Waals surface area contributed by atoms with Gasteiger partial charge in [-0.1, -0.05) is 23.7 Å². The lowest BCUT2D eigenvalue weighted by Crippen LogP contribution is -2.33. The zero-order chi connectivity index (χ0) is 24.8. The maximum absolute atomic E-state index is 12.5. The average molecular weight is 494 g/mol. The molecule has 10 heteroatoms. The first-order valence-electron chi connectivity index (χ1n) is 11.0. The van der Waals surface area contributed by atoms with Gasteiger partial charge in [-0.2, -0.15) is 5.10 Å². The van der Waals surface area contributed by atoms with Gasteiger partial charge in [-0.05, 0) is 54.4 Å². The molecule has 1 aliphatic rings. The molecule has 180 valence electrons. The second-order valence-corrected chi connectivity index (χ2v) is 8.16. The van der Waals surface area contributed by atoms with Gasteiger partial charge in [0.15, 0.2) is 22.3 Å². The van der Waals surface area contributed by atoms with E-state index in [-0.39, 0.29) is 22.7 Å². The number of amides is 2. The van der Waals surface area contributed by atoms with Crippen molar-refractivity contribution < 1.29 is 19.1 Å². The Morgan fingerprint density at radius 1 is 1.00 bits per heavy atom. The monoisotopic (exact) mass is 493 g/mol. The number of hydrogen-bond acceptors (Lipinski definition) is 7.